The summed E-state index contributed by atoms with van der Waals surface area (Å²) >= 11 is 14.6. The van der Waals surface area contributed by atoms with Gasteiger partial charge in [0.15, 0.2) is 10.00 Å². The van der Waals surface area contributed by atoms with Crippen molar-refractivity contribution in [1.29, 1.82) is 5.39 Å². The van der Waals surface area contributed by atoms with E-state index in [0.717, 1.165) is 0 Å². The zero-order valence-electron chi connectivity index (χ0n) is 7.27. The second-order valence-electron chi connectivity index (χ2n) is 2.29. The Labute approximate surface area is 106 Å². The molecule has 0 aliphatic heterocycles. The minimum Gasteiger partial charge on any atom is -0.418 e. The monoisotopic (exact) mass is 338 g/mol. The van der Waals surface area contributed by atoms with Crippen LogP contribution in [0.15, 0.2) is 16.6 Å². The molecular weight excluding hydrogens is 338 g/mol. The van der Waals surface area contributed by atoms with Gasteiger partial charge in [-0.1, -0.05) is 23.2 Å². The van der Waals surface area contributed by atoms with Crippen molar-refractivity contribution in [2.24, 2.45) is 0 Å². The van der Waals surface area contributed by atoms with Crippen molar-refractivity contribution >= 4 is 52.1 Å². The normalized spacial score (nSPS) is 10.1. The summed E-state index contributed by atoms with van der Waals surface area (Å²) in [5.41, 5.74) is 0.264. The van der Waals surface area contributed by atoms with Crippen molar-refractivity contribution in [3.63, 3.8) is 0 Å². The number of halogens is 7. The molecule has 0 heterocycles. The molecule has 0 radical (unpaired) electrons. The number of rotatable bonds is 0. The van der Waals surface area contributed by atoms with E-state index < -0.39 is 7.25 Å². The molecule has 0 amide bonds. The summed E-state index contributed by atoms with van der Waals surface area (Å²) in [6, 6.07) is 3.21. The number of diazo groups is 1. The van der Waals surface area contributed by atoms with Crippen LogP contribution < -0.4 is 0 Å². The summed E-state index contributed by atoms with van der Waals surface area (Å²) in [6.45, 7) is 0. The maximum atomic E-state index is 9.75. The molecule has 1 aromatic carbocycles. The highest BCUT2D eigenvalue weighted by Crippen LogP contribution is 2.37. The van der Waals surface area contributed by atoms with Crippen LogP contribution in [0.25, 0.3) is 4.98 Å². The van der Waals surface area contributed by atoms with Gasteiger partial charge in [0, 0.05) is 10.5 Å². The summed E-state index contributed by atoms with van der Waals surface area (Å²) in [7, 11) is -6.00. The van der Waals surface area contributed by atoms with Crippen molar-refractivity contribution in [1.82, 2.24) is 0 Å². The fraction of sp³-hybridized carbons (Fsp3) is 0. The van der Waals surface area contributed by atoms with Crippen molar-refractivity contribution in [2.75, 3.05) is 0 Å². The molecule has 1 rings (SSSR count). The minimum atomic E-state index is -6.00. The number of hydrogen-bond donors (Lipinski definition) is 0. The van der Waals surface area contributed by atoms with Crippen molar-refractivity contribution in [3.05, 3.63) is 31.6 Å². The van der Waals surface area contributed by atoms with Gasteiger partial charge >= 0.3 is 12.9 Å². The minimum absolute atomic E-state index is 0.239. The molecule has 0 spiro atoms. The van der Waals surface area contributed by atoms with E-state index in [9.17, 15) is 17.3 Å². The van der Waals surface area contributed by atoms with Crippen molar-refractivity contribution in [2.45, 2.75) is 0 Å². The van der Waals surface area contributed by atoms with Gasteiger partial charge in [-0.25, -0.2) is 0 Å². The molecule has 0 saturated carbocycles. The first-order valence-electron chi connectivity index (χ1n) is 3.52. The molecule has 0 saturated heterocycles. The molecule has 0 fully saturated rings. The lowest BCUT2D eigenvalue weighted by atomic mass is 10.3. The molecule has 0 bridgehead atoms. The maximum absolute atomic E-state index is 9.75. The fourth-order valence-electron chi connectivity index (χ4n) is 0.593. The number of nitrogens with zero attached hydrogens (tertiary/aromatic N) is 2. The lowest BCUT2D eigenvalue weighted by Crippen LogP contribution is -2.02. The molecule has 1 aromatic rings. The molecule has 10 heteroatoms. The van der Waals surface area contributed by atoms with Crippen LogP contribution in [-0.4, -0.2) is 7.25 Å². The second-order valence-corrected chi connectivity index (χ2v) is 3.90. The molecule has 0 unspecified atom stereocenters. The zero-order valence-corrected chi connectivity index (χ0v) is 10.4. The summed E-state index contributed by atoms with van der Waals surface area (Å²) in [5, 5.41) is 8.99. The third-order valence-corrected chi connectivity index (χ3v) is 2.88. The quantitative estimate of drug-likeness (QED) is 0.264. The summed E-state index contributed by atoms with van der Waals surface area (Å²) in [6.07, 6.45) is 0. The summed E-state index contributed by atoms with van der Waals surface area (Å²) < 4.78 is 39.7. The largest absolute Gasteiger partial charge is 0.673 e. The van der Waals surface area contributed by atoms with Crippen molar-refractivity contribution < 1.29 is 17.3 Å². The van der Waals surface area contributed by atoms with Crippen LogP contribution in [0.3, 0.4) is 0 Å². The Balaban J connectivity index is 0.000000385. The van der Waals surface area contributed by atoms with Crippen molar-refractivity contribution in [3.8, 4) is 0 Å². The highest BCUT2D eigenvalue weighted by molar-refractivity contribution is 9.10. The predicted octanol–water partition coefficient (Wildman–Crippen LogP) is 5.54. The Morgan fingerprint density at radius 3 is 1.94 bits per heavy atom. The maximum Gasteiger partial charge on any atom is 0.673 e. The average molecular weight is 340 g/mol. The van der Waals surface area contributed by atoms with Crippen LogP contribution in [-0.2, 0) is 0 Å². The Morgan fingerprint density at radius 2 is 1.56 bits per heavy atom. The Kier molecular flexibility index (Phi) is 6.07. The Hall–Kier alpha value is -0.515. The first kappa shape index (κ1) is 15.5. The number of benzene rings is 1. The van der Waals surface area contributed by atoms with E-state index in [1.165, 1.54) is 0 Å². The molecule has 0 aromatic heterocycles. The molecule has 0 aliphatic rings. The molecule has 0 aliphatic carbocycles. The van der Waals surface area contributed by atoms with E-state index in [-0.39, 0.29) is 10.7 Å². The van der Waals surface area contributed by atoms with E-state index in [1.807, 2.05) is 0 Å². The van der Waals surface area contributed by atoms with Gasteiger partial charge in [0.2, 0.25) is 5.39 Å². The molecule has 16 heavy (non-hydrogen) atoms. The highest BCUT2D eigenvalue weighted by Gasteiger charge is 2.20. The van der Waals surface area contributed by atoms with Gasteiger partial charge < -0.3 is 17.3 Å². The predicted molar refractivity (Wildman–Crippen MR) is 59.1 cm³/mol. The topological polar surface area (TPSA) is 28.1 Å². The van der Waals surface area contributed by atoms with E-state index in [1.54, 1.807) is 12.1 Å². The van der Waals surface area contributed by atoms with E-state index in [2.05, 4.69) is 20.9 Å². The van der Waals surface area contributed by atoms with Crippen LogP contribution >= 0.6 is 39.1 Å². The highest BCUT2D eigenvalue weighted by atomic mass is 79.9. The first-order chi connectivity index (χ1) is 7.16. The summed E-state index contributed by atoms with van der Waals surface area (Å²) in [4.78, 5) is 2.93. The smallest absolute Gasteiger partial charge is 0.418 e. The molecular formula is C6H2BBrCl2F4N2. The van der Waals surface area contributed by atoms with E-state index in [4.69, 9.17) is 28.6 Å². The SMILES string of the molecule is F[B-](F)(F)F.N#[N+]c1ccc(Br)c(Cl)c1Cl. The Bertz CT molecular complexity index is 414. The van der Waals surface area contributed by atoms with Gasteiger partial charge in [0.05, 0.1) is 5.02 Å². The van der Waals surface area contributed by atoms with Crippen LogP contribution in [0.1, 0.15) is 0 Å². The fourth-order valence-corrected chi connectivity index (χ4v) is 1.40. The molecule has 0 atom stereocenters. The molecule has 0 N–H and O–H groups in total. The Morgan fingerprint density at radius 1 is 1.12 bits per heavy atom. The van der Waals surface area contributed by atoms with Crippen LogP contribution in [0, 0.1) is 5.39 Å². The summed E-state index contributed by atoms with van der Waals surface area (Å²) in [5.74, 6) is 0. The van der Waals surface area contributed by atoms with Gasteiger partial charge in [-0.3, -0.25) is 0 Å². The molecule has 88 valence electrons. The van der Waals surface area contributed by atoms with Gasteiger partial charge in [-0.15, -0.1) is 0 Å². The zero-order chi connectivity index (χ0) is 12.9. The first-order valence-corrected chi connectivity index (χ1v) is 5.07. The lowest BCUT2D eigenvalue weighted by Gasteiger charge is -1.94. The van der Waals surface area contributed by atoms with Gasteiger partial charge in [0.1, 0.15) is 0 Å². The second kappa shape index (κ2) is 6.28. The third kappa shape index (κ3) is 6.15. The van der Waals surface area contributed by atoms with Crippen LogP contribution in [0.4, 0.5) is 23.0 Å². The van der Waals surface area contributed by atoms with Gasteiger partial charge in [0.25, 0.3) is 0 Å². The van der Waals surface area contributed by atoms with Gasteiger partial charge in [-0.2, -0.15) is 0 Å². The van der Waals surface area contributed by atoms with E-state index in [0.29, 0.717) is 9.50 Å². The number of hydrogen-bond acceptors (Lipinski definition) is 1. The standard InChI is InChI=1S/C6H2BrCl2N2.BF4/c7-3-1-2-4(11-10)6(9)5(3)8;2-1(3,4)5/h1-2H;/q+1;-1. The average Bonchev–Trinajstić information content (AvgIpc) is 2.12. The third-order valence-electron chi connectivity index (χ3n) is 1.12. The van der Waals surface area contributed by atoms with Crippen LogP contribution in [0.5, 0.6) is 0 Å². The molecule has 2 nitrogen and oxygen atoms in total. The lowest BCUT2D eigenvalue weighted by molar-refractivity contribution is 0.368. The van der Waals surface area contributed by atoms with E-state index >= 15 is 0 Å². The van der Waals surface area contributed by atoms with Gasteiger partial charge in [-0.05, 0) is 22.0 Å². The van der Waals surface area contributed by atoms with Crippen LogP contribution in [0.2, 0.25) is 10.0 Å².